The minimum absolute atomic E-state index is 0.376. The van der Waals surface area contributed by atoms with Crippen molar-refractivity contribution >= 4 is 21.5 Å². The van der Waals surface area contributed by atoms with Crippen LogP contribution in [0.3, 0.4) is 0 Å². The van der Waals surface area contributed by atoms with E-state index in [1.807, 2.05) is 0 Å². The molecule has 45 heavy (non-hydrogen) atoms. The molecule has 11 rings (SSSR count). The highest BCUT2D eigenvalue weighted by Crippen LogP contribution is 2.62. The zero-order valence-corrected chi connectivity index (χ0v) is 24.5. The molecule has 0 atom stereocenters. The highest BCUT2D eigenvalue weighted by atomic mass is 14.5. The van der Waals surface area contributed by atoms with Gasteiger partial charge in [-0.25, -0.2) is 0 Å². The van der Waals surface area contributed by atoms with E-state index in [1.165, 1.54) is 99.4 Å². The molecule has 0 amide bonds. The first kappa shape index (κ1) is 23.7. The third kappa shape index (κ3) is 2.71. The maximum Gasteiger partial charge on any atom is 0.0725 e. The van der Waals surface area contributed by atoms with Crippen LogP contribution in [0.15, 0.2) is 158 Å². The lowest BCUT2D eigenvalue weighted by Crippen LogP contribution is -2.31. The molecule has 3 aliphatic carbocycles. The molecule has 3 aliphatic rings. The van der Waals surface area contributed by atoms with Crippen LogP contribution in [0.2, 0.25) is 0 Å². The van der Waals surface area contributed by atoms with E-state index in [1.54, 1.807) is 0 Å². The van der Waals surface area contributed by atoms with Crippen molar-refractivity contribution in [1.29, 1.82) is 0 Å². The summed E-state index contributed by atoms with van der Waals surface area (Å²) in [7, 11) is 0. The normalized spacial score (nSPS) is 14.0. The van der Waals surface area contributed by atoms with E-state index in [4.69, 9.17) is 0 Å². The van der Waals surface area contributed by atoms with Gasteiger partial charge in [-0.05, 0) is 99.4 Å². The Labute approximate surface area is 261 Å². The van der Waals surface area contributed by atoms with E-state index in [0.717, 1.165) is 0 Å². The van der Waals surface area contributed by atoms with Crippen LogP contribution in [0.4, 0.5) is 0 Å². The number of rotatable bonds is 1. The van der Waals surface area contributed by atoms with Crippen molar-refractivity contribution in [2.75, 3.05) is 0 Å². The van der Waals surface area contributed by atoms with Crippen LogP contribution >= 0.6 is 0 Å². The Morgan fingerprint density at radius 2 is 0.578 bits per heavy atom. The minimum atomic E-state index is -0.376. The van der Waals surface area contributed by atoms with Crippen molar-refractivity contribution < 1.29 is 0 Å². The maximum absolute atomic E-state index is 2.40. The lowest BCUT2D eigenvalue weighted by atomic mass is 9.61. The second-order valence-electron chi connectivity index (χ2n) is 12.7. The Kier molecular flexibility index (Phi) is 4.35. The van der Waals surface area contributed by atoms with Gasteiger partial charge in [-0.15, -0.1) is 0 Å². The Morgan fingerprint density at radius 3 is 1.16 bits per heavy atom. The maximum atomic E-state index is 2.40. The zero-order chi connectivity index (χ0) is 29.3. The molecular weight excluding hydrogens is 540 g/mol. The zero-order valence-electron chi connectivity index (χ0n) is 24.5. The molecule has 0 heteroatoms. The number of benzene rings is 8. The van der Waals surface area contributed by atoms with Crippen LogP contribution in [0.1, 0.15) is 22.3 Å². The fourth-order valence-electron chi connectivity index (χ4n) is 9.23. The molecule has 1 spiro atoms. The van der Waals surface area contributed by atoms with Crippen molar-refractivity contribution in [2.24, 2.45) is 0 Å². The van der Waals surface area contributed by atoms with Gasteiger partial charge < -0.3 is 0 Å². The molecule has 0 N–H and O–H groups in total. The molecule has 0 radical (unpaired) electrons. The summed E-state index contributed by atoms with van der Waals surface area (Å²) >= 11 is 0. The molecule has 0 aromatic heterocycles. The Hall–Kier alpha value is -5.72. The molecule has 0 nitrogen and oxygen atoms in total. The van der Waals surface area contributed by atoms with Gasteiger partial charge in [0.1, 0.15) is 0 Å². The van der Waals surface area contributed by atoms with Crippen LogP contribution < -0.4 is 0 Å². The minimum Gasteiger partial charge on any atom is -0.0619 e. The summed E-state index contributed by atoms with van der Waals surface area (Å²) in [5.41, 5.74) is 18.4. The number of hydrogen-bond donors (Lipinski definition) is 0. The van der Waals surface area contributed by atoms with Crippen molar-refractivity contribution in [1.82, 2.24) is 0 Å². The average Bonchev–Trinajstić information content (AvgIpc) is 3.59. The van der Waals surface area contributed by atoms with Gasteiger partial charge in [0.05, 0.1) is 5.41 Å². The molecule has 206 valence electrons. The van der Waals surface area contributed by atoms with Crippen LogP contribution in [-0.4, -0.2) is 0 Å². The van der Waals surface area contributed by atoms with Crippen LogP contribution in [-0.2, 0) is 5.41 Å². The summed E-state index contributed by atoms with van der Waals surface area (Å²) in [6.07, 6.45) is 0. The van der Waals surface area contributed by atoms with E-state index in [0.29, 0.717) is 0 Å². The molecule has 0 saturated heterocycles. The van der Waals surface area contributed by atoms with Gasteiger partial charge in [-0.1, -0.05) is 158 Å². The standard InChI is InChI=1S/C45H26/c1-2-12-28-27(11-1)34-16-9-17-35-29(23-25-37(28)43(34)35)30-24-26-38-33-15-5-8-21-41(33)45(42-22-10-18-36(30)44(38)42)39-19-6-3-13-31(39)32-14-4-7-20-40(32)45/h1-26H. The molecule has 0 unspecified atom stereocenters. The van der Waals surface area contributed by atoms with Crippen LogP contribution in [0.5, 0.6) is 0 Å². The number of fused-ring (bicyclic) bond motifs is 12. The van der Waals surface area contributed by atoms with Crippen molar-refractivity contribution in [3.05, 3.63) is 180 Å². The Morgan fingerprint density at radius 1 is 0.222 bits per heavy atom. The first-order chi connectivity index (χ1) is 22.4. The molecule has 0 fully saturated rings. The smallest absolute Gasteiger partial charge is 0.0619 e. The summed E-state index contributed by atoms with van der Waals surface area (Å²) in [5, 5.41) is 5.38. The summed E-state index contributed by atoms with van der Waals surface area (Å²) in [6, 6.07) is 59.4. The average molecular weight is 567 g/mol. The largest absolute Gasteiger partial charge is 0.0725 e. The Balaban J connectivity index is 1.28. The first-order valence-electron chi connectivity index (χ1n) is 15.9. The summed E-state index contributed by atoms with van der Waals surface area (Å²) in [5.74, 6) is 0. The van der Waals surface area contributed by atoms with E-state index in [9.17, 15) is 0 Å². The highest BCUT2D eigenvalue weighted by molar-refractivity contribution is 6.21. The molecule has 0 aliphatic heterocycles. The lowest BCUT2D eigenvalue weighted by Gasteiger charge is -2.40. The molecule has 0 saturated carbocycles. The molecular formula is C45H26. The quantitative estimate of drug-likeness (QED) is 0.185. The van der Waals surface area contributed by atoms with Gasteiger partial charge in [0, 0.05) is 0 Å². The van der Waals surface area contributed by atoms with Crippen molar-refractivity contribution in [2.45, 2.75) is 5.41 Å². The molecule has 8 aromatic carbocycles. The third-order valence-corrected chi connectivity index (χ3v) is 10.9. The fraction of sp³-hybridized carbons (Fsp3) is 0.0222. The van der Waals surface area contributed by atoms with E-state index < -0.39 is 0 Å². The second-order valence-corrected chi connectivity index (χ2v) is 12.7. The second kappa shape index (κ2) is 8.25. The van der Waals surface area contributed by atoms with Gasteiger partial charge in [-0.2, -0.15) is 0 Å². The van der Waals surface area contributed by atoms with Crippen molar-refractivity contribution in [3.8, 4) is 55.6 Å². The predicted molar refractivity (Wildman–Crippen MR) is 188 cm³/mol. The van der Waals surface area contributed by atoms with Crippen LogP contribution in [0, 0.1) is 0 Å². The van der Waals surface area contributed by atoms with Gasteiger partial charge in [0.15, 0.2) is 0 Å². The monoisotopic (exact) mass is 566 g/mol. The first-order valence-corrected chi connectivity index (χ1v) is 15.9. The van der Waals surface area contributed by atoms with E-state index in [-0.39, 0.29) is 5.41 Å². The van der Waals surface area contributed by atoms with Gasteiger partial charge >= 0.3 is 0 Å². The number of hydrogen-bond acceptors (Lipinski definition) is 0. The van der Waals surface area contributed by atoms with E-state index >= 15 is 0 Å². The Bertz CT molecular complexity index is 2520. The molecule has 0 bridgehead atoms. The SMILES string of the molecule is c1ccc2c(c1)-c1cccc3c(-c4ccc5c6c(cccc46)C4(c6ccccc6-c6ccccc64)c4ccccc4-5)ccc-2c13. The van der Waals surface area contributed by atoms with Crippen LogP contribution in [0.25, 0.3) is 77.2 Å². The summed E-state index contributed by atoms with van der Waals surface area (Å²) in [6.45, 7) is 0. The topological polar surface area (TPSA) is 0 Å². The van der Waals surface area contributed by atoms with Gasteiger partial charge in [0.25, 0.3) is 0 Å². The summed E-state index contributed by atoms with van der Waals surface area (Å²) < 4.78 is 0. The third-order valence-electron chi connectivity index (χ3n) is 10.9. The van der Waals surface area contributed by atoms with E-state index in [2.05, 4.69) is 158 Å². The van der Waals surface area contributed by atoms with Gasteiger partial charge in [-0.3, -0.25) is 0 Å². The molecule has 8 aromatic rings. The highest BCUT2D eigenvalue weighted by Gasteiger charge is 2.49. The van der Waals surface area contributed by atoms with Gasteiger partial charge in [0.2, 0.25) is 0 Å². The van der Waals surface area contributed by atoms with Crippen molar-refractivity contribution in [3.63, 3.8) is 0 Å². The predicted octanol–water partition coefficient (Wildman–Crippen LogP) is 11.7. The lowest BCUT2D eigenvalue weighted by molar-refractivity contribution is 0.773. The summed E-state index contributed by atoms with van der Waals surface area (Å²) in [4.78, 5) is 0. The fourth-order valence-corrected chi connectivity index (χ4v) is 9.23. The molecule has 0 heterocycles.